The third-order valence-corrected chi connectivity index (χ3v) is 4.50. The Morgan fingerprint density at radius 3 is 2.30 bits per heavy atom. The Balaban J connectivity index is 1.84. The van der Waals surface area contributed by atoms with Crippen molar-refractivity contribution in [1.82, 2.24) is 0 Å². The Morgan fingerprint density at radius 2 is 1.70 bits per heavy atom. The number of furan rings is 1. The maximum Gasteiger partial charge on any atom is 0.371 e. The molecule has 0 spiro atoms. The molecule has 138 valence electrons. The van der Waals surface area contributed by atoms with Gasteiger partial charge in [0.05, 0.1) is 0 Å². The fourth-order valence-corrected chi connectivity index (χ4v) is 2.85. The first kappa shape index (κ1) is 18.5. The van der Waals surface area contributed by atoms with Crippen molar-refractivity contribution in [3.8, 4) is 11.3 Å². The largest absolute Gasteiger partial charge is 0.475 e. The highest BCUT2D eigenvalue weighted by Crippen LogP contribution is 2.30. The molecule has 0 fully saturated rings. The van der Waals surface area contributed by atoms with E-state index in [1.807, 2.05) is 37.3 Å². The van der Waals surface area contributed by atoms with Crippen LogP contribution in [0.5, 0.6) is 0 Å². The lowest BCUT2D eigenvalue weighted by Crippen LogP contribution is -2.13. The average molecular weight is 363 g/mol. The first-order valence-electron chi connectivity index (χ1n) is 8.71. The van der Waals surface area contributed by atoms with Crippen molar-refractivity contribution in [3.05, 3.63) is 77.0 Å². The molecule has 0 bridgehead atoms. The molecule has 0 radical (unpaired) electrons. The van der Waals surface area contributed by atoms with Gasteiger partial charge in [-0.25, -0.2) is 4.79 Å². The fourth-order valence-electron chi connectivity index (χ4n) is 2.85. The van der Waals surface area contributed by atoms with Crippen LogP contribution in [0.15, 0.2) is 59.0 Å². The molecular formula is C22H21NO4. The molecule has 3 rings (SSSR count). The van der Waals surface area contributed by atoms with Gasteiger partial charge < -0.3 is 14.8 Å². The zero-order chi connectivity index (χ0) is 19.6. The van der Waals surface area contributed by atoms with Crippen LogP contribution in [-0.4, -0.2) is 17.0 Å². The van der Waals surface area contributed by atoms with E-state index in [4.69, 9.17) is 9.52 Å². The second-order valence-corrected chi connectivity index (χ2v) is 6.68. The highest BCUT2D eigenvalue weighted by atomic mass is 16.4. The van der Waals surface area contributed by atoms with E-state index in [0.29, 0.717) is 22.9 Å². The van der Waals surface area contributed by atoms with Crippen molar-refractivity contribution in [3.63, 3.8) is 0 Å². The number of aromatic carboxylic acids is 1. The molecular weight excluding hydrogens is 342 g/mol. The van der Waals surface area contributed by atoms with E-state index in [0.717, 1.165) is 11.1 Å². The van der Waals surface area contributed by atoms with Crippen LogP contribution in [0.2, 0.25) is 0 Å². The maximum atomic E-state index is 12.6. The molecule has 0 aliphatic rings. The summed E-state index contributed by atoms with van der Waals surface area (Å²) < 4.78 is 5.38. The van der Waals surface area contributed by atoms with Crippen molar-refractivity contribution < 1.29 is 19.1 Å². The molecule has 1 aromatic heterocycles. The number of amides is 1. The molecule has 0 aliphatic heterocycles. The predicted molar refractivity (Wildman–Crippen MR) is 104 cm³/mol. The third kappa shape index (κ3) is 3.92. The molecule has 2 N–H and O–H groups in total. The molecule has 5 nitrogen and oxygen atoms in total. The van der Waals surface area contributed by atoms with E-state index < -0.39 is 5.97 Å². The summed E-state index contributed by atoms with van der Waals surface area (Å²) in [5.74, 6) is -0.583. The van der Waals surface area contributed by atoms with Crippen molar-refractivity contribution in [2.45, 2.75) is 26.7 Å². The molecule has 5 heteroatoms. The van der Waals surface area contributed by atoms with Crippen LogP contribution in [0.25, 0.3) is 11.3 Å². The standard InChI is InChI=1S/C22H21NO4/c1-13(2)15-7-9-16(10-8-15)21(24)23-18-6-4-5-17(14(18)3)19-11-12-20(27-19)22(25)26/h4-13H,1-3H3,(H,23,24)(H,25,26). The zero-order valence-electron chi connectivity index (χ0n) is 15.4. The third-order valence-electron chi connectivity index (χ3n) is 4.50. The number of nitrogens with one attached hydrogen (secondary N) is 1. The number of carboxylic acid groups (broad SMARTS) is 1. The van der Waals surface area contributed by atoms with E-state index >= 15 is 0 Å². The summed E-state index contributed by atoms with van der Waals surface area (Å²) in [6.45, 7) is 6.07. The smallest absolute Gasteiger partial charge is 0.371 e. The topological polar surface area (TPSA) is 79.5 Å². The number of rotatable bonds is 5. The minimum atomic E-state index is -1.12. The van der Waals surface area contributed by atoms with Crippen LogP contribution in [0.4, 0.5) is 5.69 Å². The number of carbonyl (C=O) groups is 2. The first-order valence-corrected chi connectivity index (χ1v) is 8.71. The maximum absolute atomic E-state index is 12.6. The number of anilines is 1. The lowest BCUT2D eigenvalue weighted by atomic mass is 10.0. The number of hydrogen-bond acceptors (Lipinski definition) is 3. The summed E-state index contributed by atoms with van der Waals surface area (Å²) in [6.07, 6.45) is 0. The van der Waals surface area contributed by atoms with Gasteiger partial charge in [-0.3, -0.25) is 4.79 Å². The van der Waals surface area contributed by atoms with Crippen molar-refractivity contribution in [1.29, 1.82) is 0 Å². The molecule has 1 amide bonds. The van der Waals surface area contributed by atoms with Gasteiger partial charge in [0.2, 0.25) is 5.76 Å². The number of carbonyl (C=O) groups excluding carboxylic acids is 1. The van der Waals surface area contributed by atoms with Gasteiger partial charge in [-0.2, -0.15) is 0 Å². The number of benzene rings is 2. The number of carboxylic acids is 1. The van der Waals surface area contributed by atoms with Gasteiger partial charge >= 0.3 is 5.97 Å². The average Bonchev–Trinajstić information content (AvgIpc) is 3.13. The fraction of sp³-hybridized carbons (Fsp3) is 0.182. The van der Waals surface area contributed by atoms with Gasteiger partial charge in [0.15, 0.2) is 0 Å². The van der Waals surface area contributed by atoms with Crippen LogP contribution in [0.1, 0.15) is 51.8 Å². The van der Waals surface area contributed by atoms with Crippen LogP contribution in [-0.2, 0) is 0 Å². The summed E-state index contributed by atoms with van der Waals surface area (Å²) in [7, 11) is 0. The van der Waals surface area contributed by atoms with Crippen molar-refractivity contribution >= 4 is 17.6 Å². The minimum Gasteiger partial charge on any atom is -0.475 e. The second kappa shape index (κ2) is 7.50. The minimum absolute atomic E-state index is 0.121. The predicted octanol–water partition coefficient (Wildman–Crippen LogP) is 5.33. The van der Waals surface area contributed by atoms with Gasteiger partial charge in [-0.05, 0) is 54.3 Å². The Hall–Kier alpha value is -3.34. The van der Waals surface area contributed by atoms with Crippen LogP contribution in [0, 0.1) is 6.92 Å². The molecule has 0 unspecified atom stereocenters. The van der Waals surface area contributed by atoms with E-state index in [-0.39, 0.29) is 11.7 Å². The zero-order valence-corrected chi connectivity index (χ0v) is 15.4. The normalized spacial score (nSPS) is 10.8. The van der Waals surface area contributed by atoms with Gasteiger partial charge in [0.25, 0.3) is 5.91 Å². The molecule has 0 atom stereocenters. The Morgan fingerprint density at radius 1 is 1.00 bits per heavy atom. The lowest BCUT2D eigenvalue weighted by molar-refractivity contribution is 0.0663. The van der Waals surface area contributed by atoms with Gasteiger partial charge in [-0.15, -0.1) is 0 Å². The summed E-state index contributed by atoms with van der Waals surface area (Å²) in [6, 6.07) is 16.0. The molecule has 2 aromatic carbocycles. The SMILES string of the molecule is Cc1c(NC(=O)c2ccc(C(C)C)cc2)cccc1-c1ccc(C(=O)O)o1. The van der Waals surface area contributed by atoms with Gasteiger partial charge in [0, 0.05) is 16.8 Å². The molecule has 3 aromatic rings. The molecule has 27 heavy (non-hydrogen) atoms. The monoisotopic (exact) mass is 363 g/mol. The first-order chi connectivity index (χ1) is 12.9. The van der Waals surface area contributed by atoms with Gasteiger partial charge in [0.1, 0.15) is 5.76 Å². The Kier molecular flexibility index (Phi) is 5.12. The van der Waals surface area contributed by atoms with Crippen LogP contribution < -0.4 is 5.32 Å². The van der Waals surface area contributed by atoms with Crippen LogP contribution in [0.3, 0.4) is 0 Å². The summed E-state index contributed by atoms with van der Waals surface area (Å²) in [5, 5.41) is 11.9. The number of hydrogen-bond donors (Lipinski definition) is 2. The van der Waals surface area contributed by atoms with Crippen LogP contribution >= 0.6 is 0 Å². The highest BCUT2D eigenvalue weighted by molar-refractivity contribution is 6.05. The van der Waals surface area contributed by atoms with E-state index in [1.165, 1.54) is 11.6 Å². The van der Waals surface area contributed by atoms with Crippen molar-refractivity contribution in [2.24, 2.45) is 0 Å². The quantitative estimate of drug-likeness (QED) is 0.642. The molecule has 0 aliphatic carbocycles. The Bertz CT molecular complexity index is 984. The summed E-state index contributed by atoms with van der Waals surface area (Å²) >= 11 is 0. The summed E-state index contributed by atoms with van der Waals surface area (Å²) in [4.78, 5) is 23.6. The summed E-state index contributed by atoms with van der Waals surface area (Å²) in [5.41, 5.74) is 3.94. The molecule has 0 saturated heterocycles. The highest BCUT2D eigenvalue weighted by Gasteiger charge is 2.15. The lowest BCUT2D eigenvalue weighted by Gasteiger charge is -2.12. The van der Waals surface area contributed by atoms with Gasteiger partial charge in [-0.1, -0.05) is 38.1 Å². The van der Waals surface area contributed by atoms with Crippen molar-refractivity contribution in [2.75, 3.05) is 5.32 Å². The second-order valence-electron chi connectivity index (χ2n) is 6.68. The Labute approximate surface area is 157 Å². The van der Waals surface area contributed by atoms with E-state index in [1.54, 1.807) is 18.2 Å². The molecule has 1 heterocycles. The van der Waals surface area contributed by atoms with E-state index in [9.17, 15) is 9.59 Å². The van der Waals surface area contributed by atoms with E-state index in [2.05, 4.69) is 19.2 Å². The molecule has 0 saturated carbocycles.